The second-order valence-electron chi connectivity index (χ2n) is 7.22. The first kappa shape index (κ1) is 20.9. The van der Waals surface area contributed by atoms with E-state index < -0.39 is 0 Å². The van der Waals surface area contributed by atoms with Gasteiger partial charge in [-0.2, -0.15) is 4.98 Å². The van der Waals surface area contributed by atoms with E-state index in [1.807, 2.05) is 47.8 Å². The molecule has 1 N–H and O–H groups in total. The Morgan fingerprint density at radius 3 is 2.59 bits per heavy atom. The van der Waals surface area contributed by atoms with Crippen molar-refractivity contribution in [2.24, 2.45) is 0 Å². The highest BCUT2D eigenvalue weighted by Gasteiger charge is 2.34. The molecule has 5 rings (SSSR count). The van der Waals surface area contributed by atoms with Gasteiger partial charge >= 0.3 is 0 Å². The molecule has 0 amide bonds. The number of hydrogen-bond donors (Lipinski definition) is 1. The number of nitrogens with one attached hydrogen (secondary N) is 1. The Bertz CT molecular complexity index is 1240. The molecule has 1 atom stereocenters. The molecule has 9 heteroatoms. The minimum Gasteiger partial charge on any atom is -0.497 e. The quantitative estimate of drug-likeness (QED) is 0.354. The van der Waals surface area contributed by atoms with Gasteiger partial charge in [-0.05, 0) is 59.7 Å². The van der Waals surface area contributed by atoms with Crippen molar-refractivity contribution in [1.29, 1.82) is 0 Å². The highest BCUT2D eigenvalue weighted by Crippen LogP contribution is 2.38. The molecule has 4 aromatic rings. The molecular weight excluding hydrogens is 460 g/mol. The van der Waals surface area contributed by atoms with E-state index >= 15 is 0 Å². The van der Waals surface area contributed by atoms with E-state index in [1.165, 1.54) is 4.88 Å². The van der Waals surface area contributed by atoms with Gasteiger partial charge in [0.1, 0.15) is 5.75 Å². The van der Waals surface area contributed by atoms with E-state index in [0.29, 0.717) is 23.4 Å². The van der Waals surface area contributed by atoms with Crippen LogP contribution in [0.2, 0.25) is 0 Å². The fourth-order valence-electron chi connectivity index (χ4n) is 3.69. The van der Waals surface area contributed by atoms with Crippen LogP contribution >= 0.6 is 34.9 Å². The average Bonchev–Trinajstić information content (AvgIpc) is 3.59. The molecule has 1 aromatic carbocycles. The highest BCUT2D eigenvalue weighted by atomic mass is 32.1. The van der Waals surface area contributed by atoms with Crippen molar-refractivity contribution in [3.05, 3.63) is 81.3 Å². The monoisotopic (exact) mass is 480 g/mol. The van der Waals surface area contributed by atoms with Crippen molar-refractivity contribution in [3.63, 3.8) is 0 Å². The number of thiocarbonyl (C=S) groups is 1. The van der Waals surface area contributed by atoms with Crippen molar-refractivity contribution in [1.82, 2.24) is 20.4 Å². The predicted molar refractivity (Wildman–Crippen MR) is 132 cm³/mol. The van der Waals surface area contributed by atoms with Crippen molar-refractivity contribution >= 4 is 45.6 Å². The zero-order valence-electron chi connectivity index (χ0n) is 17.4. The van der Waals surface area contributed by atoms with Gasteiger partial charge in [0.15, 0.2) is 5.11 Å². The number of hydrogen-bond acceptors (Lipinski definition) is 7. The van der Waals surface area contributed by atoms with E-state index in [0.717, 1.165) is 27.5 Å². The number of ether oxygens (including phenoxy) is 1. The van der Waals surface area contributed by atoms with Crippen molar-refractivity contribution in [2.45, 2.75) is 19.5 Å². The number of allylic oxidation sites excluding steroid dienone is 1. The van der Waals surface area contributed by atoms with Gasteiger partial charge in [-0.1, -0.05) is 29.4 Å². The van der Waals surface area contributed by atoms with Gasteiger partial charge < -0.3 is 19.5 Å². The Balaban J connectivity index is 1.59. The number of rotatable bonds is 6. The summed E-state index contributed by atoms with van der Waals surface area (Å²) in [7, 11) is 1.66. The summed E-state index contributed by atoms with van der Waals surface area (Å²) in [5, 5.41) is 12.5. The molecule has 0 aliphatic carbocycles. The SMILES string of the molecule is COc1ccc(C2NC(=S)N(Cc3cccs3)C(C)=C2c2nc(-c3cccs3)no2)cc1. The predicted octanol–water partition coefficient (Wildman–Crippen LogP) is 5.73. The van der Waals surface area contributed by atoms with E-state index in [4.69, 9.17) is 26.5 Å². The minimum absolute atomic E-state index is 0.218. The molecule has 0 spiro atoms. The number of methoxy groups -OCH3 is 1. The number of thiophene rings is 2. The third-order valence-corrected chi connectivity index (χ3v) is 7.40. The van der Waals surface area contributed by atoms with E-state index in [2.05, 4.69) is 33.7 Å². The zero-order valence-corrected chi connectivity index (χ0v) is 19.9. The zero-order chi connectivity index (χ0) is 22.1. The summed E-state index contributed by atoms with van der Waals surface area (Å²) in [6.45, 7) is 2.74. The Morgan fingerprint density at radius 1 is 1.12 bits per heavy atom. The standard InChI is InChI=1S/C23H20N4O2S3/c1-14-19(22-25-21(26-29-22)18-6-4-12-32-18)20(15-7-9-16(28-2)10-8-15)24-23(30)27(14)13-17-5-3-11-31-17/h3-12,20H,13H2,1-2H3,(H,24,30). The Morgan fingerprint density at radius 2 is 1.91 bits per heavy atom. The Kier molecular flexibility index (Phi) is 5.77. The van der Waals surface area contributed by atoms with Gasteiger partial charge in [0.05, 0.1) is 30.1 Å². The van der Waals surface area contributed by atoms with E-state index in [1.54, 1.807) is 29.8 Å². The summed E-state index contributed by atoms with van der Waals surface area (Å²) in [5.74, 6) is 1.87. The van der Waals surface area contributed by atoms with Crippen molar-refractivity contribution in [2.75, 3.05) is 7.11 Å². The maximum atomic E-state index is 5.77. The molecule has 0 radical (unpaired) electrons. The summed E-state index contributed by atoms with van der Waals surface area (Å²) in [6, 6.07) is 15.8. The normalized spacial score (nSPS) is 16.4. The summed E-state index contributed by atoms with van der Waals surface area (Å²) in [4.78, 5) is 9.01. The Hall–Kier alpha value is -3.01. The lowest BCUT2D eigenvalue weighted by atomic mass is 9.94. The Labute approximate surface area is 199 Å². The molecule has 0 fully saturated rings. The van der Waals surface area contributed by atoms with Gasteiger partial charge in [0.25, 0.3) is 5.89 Å². The smallest absolute Gasteiger partial charge is 0.258 e. The van der Waals surface area contributed by atoms with Crippen LogP contribution in [0.1, 0.15) is 29.3 Å². The summed E-state index contributed by atoms with van der Waals surface area (Å²) in [6.07, 6.45) is 0. The van der Waals surface area contributed by atoms with Crippen LogP contribution in [0.15, 0.2) is 69.5 Å². The molecule has 1 aliphatic rings. The lowest BCUT2D eigenvalue weighted by Crippen LogP contribution is -2.45. The van der Waals surface area contributed by atoms with Gasteiger partial charge in [0.2, 0.25) is 5.82 Å². The molecule has 1 aliphatic heterocycles. The van der Waals surface area contributed by atoms with Crippen molar-refractivity contribution in [3.8, 4) is 16.5 Å². The lowest BCUT2D eigenvalue weighted by Gasteiger charge is -2.37. The average molecular weight is 481 g/mol. The van der Waals surface area contributed by atoms with Crippen LogP contribution in [0, 0.1) is 0 Å². The van der Waals surface area contributed by atoms with Crippen LogP contribution in [0.5, 0.6) is 5.75 Å². The third kappa shape index (κ3) is 3.94. The van der Waals surface area contributed by atoms with Crippen LogP contribution in [0.4, 0.5) is 0 Å². The summed E-state index contributed by atoms with van der Waals surface area (Å²) in [5.41, 5.74) is 2.94. The maximum absolute atomic E-state index is 5.77. The molecule has 162 valence electrons. The van der Waals surface area contributed by atoms with E-state index in [-0.39, 0.29) is 6.04 Å². The largest absolute Gasteiger partial charge is 0.497 e. The fourth-order valence-corrected chi connectivity index (χ4v) is 5.35. The van der Waals surface area contributed by atoms with Gasteiger partial charge in [0, 0.05) is 10.6 Å². The van der Waals surface area contributed by atoms with Crippen LogP contribution in [0.25, 0.3) is 16.3 Å². The van der Waals surface area contributed by atoms with Crippen LogP contribution < -0.4 is 10.1 Å². The molecule has 3 aromatic heterocycles. The van der Waals surface area contributed by atoms with Crippen molar-refractivity contribution < 1.29 is 9.26 Å². The maximum Gasteiger partial charge on any atom is 0.258 e. The first-order valence-corrected chi connectivity index (χ1v) is 12.1. The topological polar surface area (TPSA) is 63.4 Å². The fraction of sp³-hybridized carbons (Fsp3) is 0.174. The second-order valence-corrected chi connectivity index (χ2v) is 9.59. The molecule has 0 saturated carbocycles. The van der Waals surface area contributed by atoms with Crippen LogP contribution in [-0.4, -0.2) is 27.3 Å². The molecule has 0 saturated heterocycles. The molecule has 32 heavy (non-hydrogen) atoms. The first-order valence-electron chi connectivity index (χ1n) is 9.97. The van der Waals surface area contributed by atoms with Gasteiger partial charge in [-0.15, -0.1) is 22.7 Å². The van der Waals surface area contributed by atoms with E-state index in [9.17, 15) is 0 Å². The molecular formula is C23H20N4O2S3. The molecule has 6 nitrogen and oxygen atoms in total. The van der Waals surface area contributed by atoms with Crippen LogP contribution in [-0.2, 0) is 6.54 Å². The highest BCUT2D eigenvalue weighted by molar-refractivity contribution is 7.80. The number of nitrogens with zero attached hydrogens (tertiary/aromatic N) is 3. The van der Waals surface area contributed by atoms with Gasteiger partial charge in [-0.25, -0.2) is 0 Å². The minimum atomic E-state index is -0.218. The van der Waals surface area contributed by atoms with Gasteiger partial charge in [-0.3, -0.25) is 0 Å². The second kappa shape index (κ2) is 8.85. The molecule has 0 bridgehead atoms. The summed E-state index contributed by atoms with van der Waals surface area (Å²) >= 11 is 9.06. The molecule has 4 heterocycles. The number of benzene rings is 1. The summed E-state index contributed by atoms with van der Waals surface area (Å²) < 4.78 is 11.1. The number of aromatic nitrogens is 2. The molecule has 1 unspecified atom stereocenters. The first-order chi connectivity index (χ1) is 15.6. The third-order valence-electron chi connectivity index (χ3n) is 5.34. The van der Waals surface area contributed by atoms with Crippen LogP contribution in [0.3, 0.4) is 0 Å². The lowest BCUT2D eigenvalue weighted by molar-refractivity contribution is 0.396.